The summed E-state index contributed by atoms with van der Waals surface area (Å²) in [7, 11) is 1.34. The van der Waals surface area contributed by atoms with E-state index in [-0.39, 0.29) is 24.5 Å². The number of carbonyl (C=O) groups excluding carboxylic acids is 2. The molecule has 2 amide bonds. The molecule has 2 rings (SSSR count). The summed E-state index contributed by atoms with van der Waals surface area (Å²) in [4.78, 5) is 25.3. The Morgan fingerprint density at radius 3 is 2.77 bits per heavy atom. The molecule has 1 heterocycles. The Kier molecular flexibility index (Phi) is 6.21. The van der Waals surface area contributed by atoms with Crippen molar-refractivity contribution in [1.82, 2.24) is 4.90 Å². The van der Waals surface area contributed by atoms with Crippen LogP contribution in [0.4, 0.5) is 10.5 Å². The Labute approximate surface area is 130 Å². The highest BCUT2D eigenvalue weighted by molar-refractivity contribution is 5.89. The van der Waals surface area contributed by atoms with Crippen molar-refractivity contribution in [3.8, 4) is 0 Å². The summed E-state index contributed by atoms with van der Waals surface area (Å²) in [6, 6.07) is 9.01. The van der Waals surface area contributed by atoms with Crippen LogP contribution in [0.3, 0.4) is 0 Å². The molecule has 1 unspecified atom stereocenters. The minimum absolute atomic E-state index is 0.0409. The molecule has 1 aliphatic rings. The number of para-hydroxylation sites is 1. The lowest BCUT2D eigenvalue weighted by molar-refractivity contribution is -0.140. The maximum Gasteiger partial charge on any atom is 0.321 e. The van der Waals surface area contributed by atoms with Crippen LogP contribution in [0, 0.1) is 0 Å². The van der Waals surface area contributed by atoms with Crippen LogP contribution in [0.15, 0.2) is 30.3 Å². The molecule has 1 saturated heterocycles. The molecule has 6 nitrogen and oxygen atoms in total. The quantitative estimate of drug-likeness (QED) is 0.819. The van der Waals surface area contributed by atoms with Crippen molar-refractivity contribution >= 4 is 17.7 Å². The highest BCUT2D eigenvalue weighted by Crippen LogP contribution is 2.15. The summed E-state index contributed by atoms with van der Waals surface area (Å²) in [5.74, 6) is -0.329. The number of ether oxygens (including phenoxy) is 2. The zero-order chi connectivity index (χ0) is 15.8. The summed E-state index contributed by atoms with van der Waals surface area (Å²) in [5, 5.41) is 2.84. The lowest BCUT2D eigenvalue weighted by Gasteiger charge is -2.25. The Morgan fingerprint density at radius 1 is 1.36 bits per heavy atom. The number of carbonyl (C=O) groups is 2. The van der Waals surface area contributed by atoms with Crippen LogP contribution in [0.5, 0.6) is 0 Å². The van der Waals surface area contributed by atoms with Crippen LogP contribution in [0.2, 0.25) is 0 Å². The molecule has 1 aliphatic heterocycles. The Bertz CT molecular complexity index is 486. The van der Waals surface area contributed by atoms with Gasteiger partial charge in [0, 0.05) is 25.4 Å². The molecule has 1 N–H and O–H groups in total. The topological polar surface area (TPSA) is 67.9 Å². The molecule has 0 saturated carbocycles. The number of hydrogen-bond acceptors (Lipinski definition) is 4. The van der Waals surface area contributed by atoms with Crippen molar-refractivity contribution in [2.75, 3.05) is 32.1 Å². The van der Waals surface area contributed by atoms with E-state index in [1.807, 2.05) is 30.3 Å². The van der Waals surface area contributed by atoms with Gasteiger partial charge in [-0.1, -0.05) is 18.2 Å². The third-order valence-electron chi connectivity index (χ3n) is 3.57. The first kappa shape index (κ1) is 16.3. The molecule has 0 aromatic heterocycles. The van der Waals surface area contributed by atoms with Crippen molar-refractivity contribution < 1.29 is 19.1 Å². The van der Waals surface area contributed by atoms with E-state index in [0.29, 0.717) is 13.1 Å². The van der Waals surface area contributed by atoms with Gasteiger partial charge in [0.1, 0.15) is 0 Å². The van der Waals surface area contributed by atoms with Crippen molar-refractivity contribution in [3.05, 3.63) is 30.3 Å². The average molecular weight is 306 g/mol. The van der Waals surface area contributed by atoms with Crippen LogP contribution in [-0.4, -0.2) is 49.8 Å². The number of benzene rings is 1. The van der Waals surface area contributed by atoms with E-state index in [0.717, 1.165) is 25.1 Å². The number of nitrogens with zero attached hydrogens (tertiary/aromatic N) is 1. The predicted molar refractivity (Wildman–Crippen MR) is 82.6 cm³/mol. The number of rotatable bonds is 6. The fourth-order valence-corrected chi connectivity index (χ4v) is 2.36. The van der Waals surface area contributed by atoms with Gasteiger partial charge in [0.25, 0.3) is 0 Å². The summed E-state index contributed by atoms with van der Waals surface area (Å²) in [6.07, 6.45) is 2.16. The Morgan fingerprint density at radius 2 is 2.14 bits per heavy atom. The third kappa shape index (κ3) is 5.04. The van der Waals surface area contributed by atoms with Crippen molar-refractivity contribution in [2.45, 2.75) is 25.4 Å². The zero-order valence-corrected chi connectivity index (χ0v) is 12.8. The van der Waals surface area contributed by atoms with Gasteiger partial charge in [0.05, 0.1) is 19.6 Å². The summed E-state index contributed by atoms with van der Waals surface area (Å²) >= 11 is 0. The molecule has 0 spiro atoms. The molecular weight excluding hydrogens is 284 g/mol. The van der Waals surface area contributed by atoms with Crippen LogP contribution >= 0.6 is 0 Å². The van der Waals surface area contributed by atoms with E-state index < -0.39 is 0 Å². The third-order valence-corrected chi connectivity index (χ3v) is 3.57. The number of esters is 1. The van der Waals surface area contributed by atoms with Crippen molar-refractivity contribution in [3.63, 3.8) is 0 Å². The summed E-state index contributed by atoms with van der Waals surface area (Å²) in [6.45, 7) is 1.52. The van der Waals surface area contributed by atoms with Crippen molar-refractivity contribution in [2.24, 2.45) is 0 Å². The van der Waals surface area contributed by atoms with Crippen molar-refractivity contribution in [1.29, 1.82) is 0 Å². The molecule has 22 heavy (non-hydrogen) atoms. The monoisotopic (exact) mass is 306 g/mol. The smallest absolute Gasteiger partial charge is 0.321 e. The standard InChI is InChI=1S/C16H22N2O4/c1-21-15(19)9-10-18(12-14-8-5-11-22-14)16(20)17-13-6-3-2-4-7-13/h2-4,6-7,14H,5,8-12H2,1H3,(H,17,20). The van der Waals surface area contributed by atoms with E-state index >= 15 is 0 Å². The molecule has 0 bridgehead atoms. The SMILES string of the molecule is COC(=O)CCN(CC1CCCO1)C(=O)Nc1ccccc1. The zero-order valence-electron chi connectivity index (χ0n) is 12.8. The minimum Gasteiger partial charge on any atom is -0.469 e. The minimum atomic E-state index is -0.329. The number of anilines is 1. The first-order valence-electron chi connectivity index (χ1n) is 7.48. The normalized spacial score (nSPS) is 17.0. The molecule has 1 aromatic rings. The van der Waals surface area contributed by atoms with E-state index in [4.69, 9.17) is 4.74 Å². The highest BCUT2D eigenvalue weighted by Gasteiger charge is 2.23. The molecule has 1 aromatic carbocycles. The molecule has 1 atom stereocenters. The average Bonchev–Trinajstić information content (AvgIpc) is 3.05. The first-order valence-corrected chi connectivity index (χ1v) is 7.48. The highest BCUT2D eigenvalue weighted by atomic mass is 16.5. The van der Waals surface area contributed by atoms with Gasteiger partial charge in [-0.3, -0.25) is 4.79 Å². The van der Waals surface area contributed by atoms with E-state index in [2.05, 4.69) is 10.1 Å². The van der Waals surface area contributed by atoms with Gasteiger partial charge in [0.2, 0.25) is 0 Å². The fraction of sp³-hybridized carbons (Fsp3) is 0.500. The Balaban J connectivity index is 1.94. The lowest BCUT2D eigenvalue weighted by atomic mass is 10.2. The van der Waals surface area contributed by atoms with Gasteiger partial charge in [-0.2, -0.15) is 0 Å². The molecule has 120 valence electrons. The second-order valence-electron chi connectivity index (χ2n) is 5.20. The van der Waals surface area contributed by atoms with Crippen LogP contribution in [0.25, 0.3) is 0 Å². The molecule has 1 fully saturated rings. The summed E-state index contributed by atoms with van der Waals surface area (Å²) in [5.41, 5.74) is 0.725. The van der Waals surface area contributed by atoms with Crippen LogP contribution < -0.4 is 5.32 Å². The molecule has 6 heteroatoms. The number of nitrogens with one attached hydrogen (secondary N) is 1. The van der Waals surface area contributed by atoms with E-state index in [1.54, 1.807) is 4.90 Å². The fourth-order valence-electron chi connectivity index (χ4n) is 2.36. The number of methoxy groups -OCH3 is 1. The molecular formula is C16H22N2O4. The largest absolute Gasteiger partial charge is 0.469 e. The Hall–Kier alpha value is -2.08. The molecule has 0 radical (unpaired) electrons. The van der Waals surface area contributed by atoms with Crippen LogP contribution in [-0.2, 0) is 14.3 Å². The maximum absolute atomic E-state index is 12.4. The van der Waals surface area contributed by atoms with Gasteiger partial charge in [0.15, 0.2) is 0 Å². The van der Waals surface area contributed by atoms with Crippen LogP contribution in [0.1, 0.15) is 19.3 Å². The number of amides is 2. The second-order valence-corrected chi connectivity index (χ2v) is 5.20. The summed E-state index contributed by atoms with van der Waals surface area (Å²) < 4.78 is 10.2. The van der Waals surface area contributed by atoms with Gasteiger partial charge in [-0.15, -0.1) is 0 Å². The van der Waals surface area contributed by atoms with E-state index in [9.17, 15) is 9.59 Å². The lowest BCUT2D eigenvalue weighted by Crippen LogP contribution is -2.41. The van der Waals surface area contributed by atoms with Gasteiger partial charge in [-0.05, 0) is 25.0 Å². The molecule has 0 aliphatic carbocycles. The van der Waals surface area contributed by atoms with E-state index in [1.165, 1.54) is 7.11 Å². The van der Waals surface area contributed by atoms with Gasteiger partial charge in [-0.25, -0.2) is 4.79 Å². The first-order chi connectivity index (χ1) is 10.7. The van der Waals surface area contributed by atoms with Gasteiger partial charge < -0.3 is 19.7 Å². The number of hydrogen-bond donors (Lipinski definition) is 1. The second kappa shape index (κ2) is 8.38. The predicted octanol–water partition coefficient (Wildman–Crippen LogP) is 2.26. The maximum atomic E-state index is 12.4. The van der Waals surface area contributed by atoms with Gasteiger partial charge >= 0.3 is 12.0 Å². The number of urea groups is 1.